The molecular formula is C15H17N3O4S. The van der Waals surface area contributed by atoms with Crippen molar-refractivity contribution in [3.8, 4) is 0 Å². The van der Waals surface area contributed by atoms with Gasteiger partial charge in [-0.25, -0.2) is 12.7 Å². The van der Waals surface area contributed by atoms with Gasteiger partial charge < -0.3 is 10.5 Å². The largest absolute Gasteiger partial charge is 0.619 e. The van der Waals surface area contributed by atoms with Crippen LogP contribution in [0.2, 0.25) is 0 Å². The van der Waals surface area contributed by atoms with Crippen molar-refractivity contribution in [1.29, 1.82) is 0 Å². The summed E-state index contributed by atoms with van der Waals surface area (Å²) >= 11 is 0. The Morgan fingerprint density at radius 3 is 2.57 bits per heavy atom. The molecule has 122 valence electrons. The van der Waals surface area contributed by atoms with Crippen LogP contribution >= 0.6 is 0 Å². The lowest BCUT2D eigenvalue weighted by Crippen LogP contribution is -2.30. The lowest BCUT2D eigenvalue weighted by atomic mass is 10.2. The molecule has 0 spiro atoms. The van der Waals surface area contributed by atoms with Crippen molar-refractivity contribution in [3.05, 3.63) is 65.1 Å². The number of carbonyl (C=O) groups excluding carboxylic acids is 1. The Hall–Kier alpha value is -2.45. The molecule has 2 rings (SSSR count). The molecule has 0 atom stereocenters. The van der Waals surface area contributed by atoms with Crippen LogP contribution in [0.25, 0.3) is 0 Å². The number of nitrogens with zero attached hydrogens (tertiary/aromatic N) is 2. The van der Waals surface area contributed by atoms with Gasteiger partial charge in [0.15, 0.2) is 12.4 Å². The Balaban J connectivity index is 2.20. The average Bonchev–Trinajstić information content (AvgIpc) is 2.52. The summed E-state index contributed by atoms with van der Waals surface area (Å²) in [6.45, 7) is 0.0375. The highest BCUT2D eigenvalue weighted by Gasteiger charge is 2.21. The maximum Gasteiger partial charge on any atom is 0.257 e. The first-order valence-corrected chi connectivity index (χ1v) is 8.24. The molecule has 0 aliphatic rings. The zero-order valence-electron chi connectivity index (χ0n) is 12.8. The number of carbonyl (C=O) groups is 1. The van der Waals surface area contributed by atoms with Crippen LogP contribution in [0.1, 0.15) is 15.9 Å². The molecule has 8 heteroatoms. The molecule has 0 bridgehead atoms. The molecule has 1 aromatic heterocycles. The van der Waals surface area contributed by atoms with Crippen molar-refractivity contribution in [1.82, 2.24) is 9.62 Å². The van der Waals surface area contributed by atoms with E-state index >= 15 is 0 Å². The van der Waals surface area contributed by atoms with Crippen molar-refractivity contribution in [2.75, 3.05) is 14.1 Å². The van der Waals surface area contributed by atoms with Gasteiger partial charge in [0.2, 0.25) is 10.0 Å². The van der Waals surface area contributed by atoms with Gasteiger partial charge in [0, 0.05) is 26.7 Å². The third kappa shape index (κ3) is 3.85. The molecule has 0 saturated heterocycles. The third-order valence-electron chi connectivity index (χ3n) is 3.21. The summed E-state index contributed by atoms with van der Waals surface area (Å²) in [4.78, 5) is 12.2. The van der Waals surface area contributed by atoms with Crippen LogP contribution in [0.5, 0.6) is 0 Å². The number of benzene rings is 1. The van der Waals surface area contributed by atoms with Crippen molar-refractivity contribution in [2.45, 2.75) is 11.4 Å². The van der Waals surface area contributed by atoms with Crippen LogP contribution in [-0.4, -0.2) is 32.7 Å². The van der Waals surface area contributed by atoms with Crippen LogP contribution in [0.4, 0.5) is 0 Å². The molecule has 0 radical (unpaired) electrons. The van der Waals surface area contributed by atoms with Gasteiger partial charge in [-0.1, -0.05) is 18.2 Å². The number of nitrogens with one attached hydrogen (secondary N) is 1. The fourth-order valence-corrected chi connectivity index (χ4v) is 3.08. The van der Waals surface area contributed by atoms with Gasteiger partial charge in [-0.15, -0.1) is 0 Å². The molecule has 1 aromatic carbocycles. The molecular weight excluding hydrogens is 318 g/mol. The molecule has 23 heavy (non-hydrogen) atoms. The van der Waals surface area contributed by atoms with E-state index in [1.54, 1.807) is 18.2 Å². The van der Waals surface area contributed by atoms with Crippen molar-refractivity contribution in [2.24, 2.45) is 0 Å². The smallest absolute Gasteiger partial charge is 0.257 e. The first kappa shape index (κ1) is 16.9. The highest BCUT2D eigenvalue weighted by atomic mass is 32.2. The SMILES string of the molecule is CN(C)S(=O)(=O)c1ccccc1CNC(=O)c1ccc[n+]([O-])c1. The second-order valence-electron chi connectivity index (χ2n) is 5.03. The standard InChI is InChI=1S/C15H17N3O4S/c1-17(2)23(21,22)14-8-4-3-6-12(14)10-16-15(19)13-7-5-9-18(20)11-13/h3-9,11H,10H2,1-2H3,(H,16,19). The minimum Gasteiger partial charge on any atom is -0.619 e. The number of aromatic nitrogens is 1. The molecule has 0 aliphatic heterocycles. The Morgan fingerprint density at radius 1 is 1.22 bits per heavy atom. The van der Waals surface area contributed by atoms with Gasteiger partial charge in [-0.05, 0) is 17.7 Å². The van der Waals surface area contributed by atoms with Gasteiger partial charge in [0.05, 0.1) is 4.90 Å². The number of pyridine rings is 1. The molecule has 0 saturated carbocycles. The molecule has 2 aromatic rings. The summed E-state index contributed by atoms with van der Waals surface area (Å²) in [5.74, 6) is -0.452. The fraction of sp³-hybridized carbons (Fsp3) is 0.200. The highest BCUT2D eigenvalue weighted by Crippen LogP contribution is 2.18. The van der Waals surface area contributed by atoms with E-state index in [9.17, 15) is 18.4 Å². The zero-order chi connectivity index (χ0) is 17.0. The van der Waals surface area contributed by atoms with Gasteiger partial charge in [-0.3, -0.25) is 4.79 Å². The van der Waals surface area contributed by atoms with Crippen molar-refractivity contribution >= 4 is 15.9 Å². The normalized spacial score (nSPS) is 11.4. The predicted molar refractivity (Wildman–Crippen MR) is 83.9 cm³/mol. The topological polar surface area (TPSA) is 93.4 Å². The molecule has 1 heterocycles. The summed E-state index contributed by atoms with van der Waals surface area (Å²) < 4.78 is 26.2. The third-order valence-corrected chi connectivity index (χ3v) is 5.12. The average molecular weight is 335 g/mol. The van der Waals surface area contributed by atoms with E-state index in [1.807, 2.05) is 0 Å². The Labute approximate surface area is 134 Å². The summed E-state index contributed by atoms with van der Waals surface area (Å²) in [5.41, 5.74) is 0.677. The fourth-order valence-electron chi connectivity index (χ4n) is 1.96. The van der Waals surface area contributed by atoms with Crippen LogP contribution in [-0.2, 0) is 16.6 Å². The lowest BCUT2D eigenvalue weighted by molar-refractivity contribution is -0.605. The number of hydrogen-bond acceptors (Lipinski definition) is 4. The molecule has 0 aliphatic carbocycles. The summed E-state index contributed by atoms with van der Waals surface area (Å²) in [7, 11) is -0.707. The Kier molecular flexibility index (Phi) is 4.97. The number of hydrogen-bond donors (Lipinski definition) is 1. The minimum absolute atomic E-state index is 0.0375. The number of rotatable bonds is 5. The first-order valence-electron chi connectivity index (χ1n) is 6.80. The Bertz CT molecular complexity index is 819. The molecule has 0 fully saturated rings. The van der Waals surface area contributed by atoms with Crippen molar-refractivity contribution < 1.29 is 17.9 Å². The maximum atomic E-state index is 12.3. The van der Waals surface area contributed by atoms with Crippen molar-refractivity contribution in [3.63, 3.8) is 0 Å². The number of amides is 1. The van der Waals surface area contributed by atoms with E-state index in [1.165, 1.54) is 38.5 Å². The van der Waals surface area contributed by atoms with Gasteiger partial charge in [-0.2, -0.15) is 4.73 Å². The minimum atomic E-state index is -3.60. The van der Waals surface area contributed by atoms with Crippen LogP contribution in [0, 0.1) is 5.21 Å². The van der Waals surface area contributed by atoms with Gasteiger partial charge >= 0.3 is 0 Å². The second kappa shape index (κ2) is 6.76. The van der Waals surface area contributed by atoms with Crippen LogP contribution in [0.15, 0.2) is 53.7 Å². The zero-order valence-corrected chi connectivity index (χ0v) is 13.6. The summed E-state index contributed by atoms with van der Waals surface area (Å²) in [6.07, 6.45) is 2.42. The molecule has 7 nitrogen and oxygen atoms in total. The van der Waals surface area contributed by atoms with E-state index in [4.69, 9.17) is 0 Å². The maximum absolute atomic E-state index is 12.3. The van der Waals surface area contributed by atoms with E-state index < -0.39 is 15.9 Å². The van der Waals surface area contributed by atoms with E-state index in [0.29, 0.717) is 10.3 Å². The lowest BCUT2D eigenvalue weighted by Gasteiger charge is -2.15. The molecule has 1 amide bonds. The van der Waals surface area contributed by atoms with E-state index in [2.05, 4.69) is 5.32 Å². The van der Waals surface area contributed by atoms with E-state index in [0.717, 1.165) is 10.5 Å². The highest BCUT2D eigenvalue weighted by molar-refractivity contribution is 7.89. The quantitative estimate of drug-likeness (QED) is 0.636. The predicted octanol–water partition coefficient (Wildman–Crippen LogP) is 0.500. The van der Waals surface area contributed by atoms with E-state index in [-0.39, 0.29) is 17.0 Å². The van der Waals surface area contributed by atoms with Crippen LogP contribution < -0.4 is 10.0 Å². The number of sulfonamides is 1. The summed E-state index contributed by atoms with van der Waals surface area (Å²) in [6, 6.07) is 9.42. The monoisotopic (exact) mass is 335 g/mol. The summed E-state index contributed by atoms with van der Waals surface area (Å²) in [5, 5.41) is 13.8. The first-order chi connectivity index (χ1) is 10.8. The van der Waals surface area contributed by atoms with Gasteiger partial charge in [0.25, 0.3) is 5.91 Å². The molecule has 0 unspecified atom stereocenters. The van der Waals surface area contributed by atoms with Gasteiger partial charge in [0.1, 0.15) is 5.56 Å². The molecule has 1 N–H and O–H groups in total. The second-order valence-corrected chi connectivity index (χ2v) is 7.15. The van der Waals surface area contributed by atoms with Crippen LogP contribution in [0.3, 0.4) is 0 Å². The Morgan fingerprint density at radius 2 is 1.91 bits per heavy atom.